The molecule has 1 fully saturated rings. The third-order valence-electron chi connectivity index (χ3n) is 3.81. The zero-order chi connectivity index (χ0) is 14.5. The van der Waals surface area contributed by atoms with Crippen LogP contribution in [0.4, 0.5) is 5.69 Å². The Kier molecular flexibility index (Phi) is 5.15. The highest BCUT2D eigenvalue weighted by Gasteiger charge is 2.25. The maximum atomic E-state index is 12.2. The van der Waals surface area contributed by atoms with Crippen molar-refractivity contribution in [1.82, 2.24) is 4.90 Å². The Morgan fingerprint density at radius 3 is 2.60 bits per heavy atom. The first-order valence-electron chi connectivity index (χ1n) is 7.34. The summed E-state index contributed by atoms with van der Waals surface area (Å²) in [6, 6.07) is 8.24. The molecule has 4 nitrogen and oxygen atoms in total. The molecule has 0 bridgehead atoms. The van der Waals surface area contributed by atoms with Gasteiger partial charge < -0.3 is 16.0 Å². The van der Waals surface area contributed by atoms with E-state index < -0.39 is 0 Å². The van der Waals surface area contributed by atoms with Gasteiger partial charge in [0.2, 0.25) is 5.91 Å². The molecular weight excluding hydrogens is 250 g/mol. The monoisotopic (exact) mass is 275 g/mol. The first-order chi connectivity index (χ1) is 9.54. The predicted octanol–water partition coefficient (Wildman–Crippen LogP) is 2.20. The van der Waals surface area contributed by atoms with Gasteiger partial charge in [0.25, 0.3) is 0 Å². The van der Waals surface area contributed by atoms with E-state index in [1.54, 1.807) is 0 Å². The molecular formula is C16H25N3O. The first-order valence-corrected chi connectivity index (χ1v) is 7.34. The highest BCUT2D eigenvalue weighted by atomic mass is 16.1. The maximum absolute atomic E-state index is 12.2. The van der Waals surface area contributed by atoms with Crippen LogP contribution < -0.4 is 11.1 Å². The molecule has 2 unspecified atom stereocenters. The van der Waals surface area contributed by atoms with Gasteiger partial charge in [-0.3, -0.25) is 4.79 Å². The second-order valence-corrected chi connectivity index (χ2v) is 6.05. The lowest BCUT2D eigenvalue weighted by atomic mass is 9.85. The number of benzene rings is 1. The number of rotatable bonds is 4. The molecule has 2 atom stereocenters. The highest BCUT2D eigenvalue weighted by molar-refractivity contribution is 5.92. The Morgan fingerprint density at radius 1 is 1.30 bits per heavy atom. The fourth-order valence-corrected chi connectivity index (χ4v) is 2.77. The average Bonchev–Trinajstić information content (AvgIpc) is 2.40. The fourth-order valence-electron chi connectivity index (χ4n) is 2.77. The number of amides is 1. The van der Waals surface area contributed by atoms with Crippen LogP contribution >= 0.6 is 0 Å². The van der Waals surface area contributed by atoms with E-state index in [-0.39, 0.29) is 17.9 Å². The van der Waals surface area contributed by atoms with Crippen molar-refractivity contribution < 1.29 is 4.79 Å². The number of nitrogens with two attached hydrogens (primary N) is 1. The first kappa shape index (κ1) is 15.0. The van der Waals surface area contributed by atoms with Gasteiger partial charge in [0.15, 0.2) is 0 Å². The quantitative estimate of drug-likeness (QED) is 0.885. The SMILES string of the molecule is CN(C)Cc1ccc(NC(=O)C2CCCC(N)C2)cc1. The fraction of sp³-hybridized carbons (Fsp3) is 0.562. The van der Waals surface area contributed by atoms with Gasteiger partial charge in [0.1, 0.15) is 0 Å². The number of carbonyl (C=O) groups is 1. The molecule has 0 aliphatic heterocycles. The number of nitrogens with zero attached hydrogens (tertiary/aromatic N) is 1. The van der Waals surface area contributed by atoms with Crippen LogP contribution in [0.15, 0.2) is 24.3 Å². The van der Waals surface area contributed by atoms with E-state index in [2.05, 4.69) is 22.3 Å². The van der Waals surface area contributed by atoms with Crippen molar-refractivity contribution >= 4 is 11.6 Å². The van der Waals surface area contributed by atoms with Crippen molar-refractivity contribution in [3.63, 3.8) is 0 Å². The predicted molar refractivity (Wildman–Crippen MR) is 82.4 cm³/mol. The number of anilines is 1. The molecule has 0 spiro atoms. The standard InChI is InChI=1S/C16H25N3O/c1-19(2)11-12-6-8-15(9-7-12)18-16(20)13-4-3-5-14(17)10-13/h6-9,13-14H,3-5,10-11,17H2,1-2H3,(H,18,20). The molecule has 0 radical (unpaired) electrons. The lowest BCUT2D eigenvalue weighted by Gasteiger charge is -2.25. The third-order valence-corrected chi connectivity index (χ3v) is 3.81. The number of hydrogen-bond donors (Lipinski definition) is 2. The van der Waals surface area contributed by atoms with Crippen molar-refractivity contribution in [2.24, 2.45) is 11.7 Å². The summed E-state index contributed by atoms with van der Waals surface area (Å²) in [4.78, 5) is 14.3. The summed E-state index contributed by atoms with van der Waals surface area (Å²) in [6.45, 7) is 0.908. The van der Waals surface area contributed by atoms with Crippen LogP contribution in [-0.4, -0.2) is 30.9 Å². The van der Waals surface area contributed by atoms with Gasteiger partial charge in [-0.1, -0.05) is 18.6 Å². The van der Waals surface area contributed by atoms with Gasteiger partial charge in [0.05, 0.1) is 0 Å². The van der Waals surface area contributed by atoms with Crippen LogP contribution in [0.3, 0.4) is 0 Å². The van der Waals surface area contributed by atoms with Crippen LogP contribution in [-0.2, 0) is 11.3 Å². The van der Waals surface area contributed by atoms with E-state index in [0.29, 0.717) is 0 Å². The maximum Gasteiger partial charge on any atom is 0.227 e. The zero-order valence-corrected chi connectivity index (χ0v) is 12.4. The van der Waals surface area contributed by atoms with Crippen molar-refractivity contribution in [1.29, 1.82) is 0 Å². The van der Waals surface area contributed by atoms with Crippen LogP contribution in [0, 0.1) is 5.92 Å². The topological polar surface area (TPSA) is 58.4 Å². The van der Waals surface area contributed by atoms with Crippen LogP contribution in [0.5, 0.6) is 0 Å². The second-order valence-electron chi connectivity index (χ2n) is 6.05. The molecule has 0 heterocycles. The lowest BCUT2D eigenvalue weighted by molar-refractivity contribution is -0.120. The Hall–Kier alpha value is -1.39. The van der Waals surface area contributed by atoms with E-state index >= 15 is 0 Å². The Labute approximate surface area is 121 Å². The molecule has 0 aromatic heterocycles. The molecule has 1 aromatic rings. The van der Waals surface area contributed by atoms with E-state index in [1.807, 2.05) is 26.2 Å². The summed E-state index contributed by atoms with van der Waals surface area (Å²) in [6.07, 6.45) is 3.87. The summed E-state index contributed by atoms with van der Waals surface area (Å²) in [5, 5.41) is 3.00. The van der Waals surface area contributed by atoms with E-state index in [9.17, 15) is 4.79 Å². The normalized spacial score (nSPS) is 22.8. The zero-order valence-electron chi connectivity index (χ0n) is 12.4. The minimum Gasteiger partial charge on any atom is -0.328 e. The molecule has 4 heteroatoms. The van der Waals surface area contributed by atoms with Crippen LogP contribution in [0.2, 0.25) is 0 Å². The van der Waals surface area contributed by atoms with Gasteiger partial charge in [-0.25, -0.2) is 0 Å². The van der Waals surface area contributed by atoms with Crippen LogP contribution in [0.1, 0.15) is 31.2 Å². The summed E-state index contributed by atoms with van der Waals surface area (Å²) in [5.41, 5.74) is 8.05. The summed E-state index contributed by atoms with van der Waals surface area (Å²) in [5.74, 6) is 0.181. The molecule has 110 valence electrons. The van der Waals surface area contributed by atoms with E-state index in [1.165, 1.54) is 5.56 Å². The minimum atomic E-state index is 0.0696. The molecule has 3 N–H and O–H groups in total. The number of carbonyl (C=O) groups excluding carboxylic acids is 1. The summed E-state index contributed by atoms with van der Waals surface area (Å²) >= 11 is 0. The Bertz CT molecular complexity index is 442. The second kappa shape index (κ2) is 6.86. The van der Waals surface area contributed by atoms with Crippen molar-refractivity contribution in [2.45, 2.75) is 38.3 Å². The molecule has 1 saturated carbocycles. The molecule has 0 saturated heterocycles. The summed E-state index contributed by atoms with van der Waals surface area (Å²) in [7, 11) is 4.09. The largest absolute Gasteiger partial charge is 0.328 e. The van der Waals surface area contributed by atoms with Crippen molar-refractivity contribution in [3.8, 4) is 0 Å². The Balaban J connectivity index is 1.90. The lowest BCUT2D eigenvalue weighted by Crippen LogP contribution is -2.34. The van der Waals surface area contributed by atoms with Crippen LogP contribution in [0.25, 0.3) is 0 Å². The van der Waals surface area contributed by atoms with Crippen molar-refractivity contribution in [3.05, 3.63) is 29.8 Å². The molecule has 1 aromatic carbocycles. The van der Waals surface area contributed by atoms with Gasteiger partial charge in [-0.2, -0.15) is 0 Å². The number of hydrogen-bond acceptors (Lipinski definition) is 3. The smallest absolute Gasteiger partial charge is 0.227 e. The van der Waals surface area contributed by atoms with Gasteiger partial charge >= 0.3 is 0 Å². The minimum absolute atomic E-state index is 0.0696. The average molecular weight is 275 g/mol. The third kappa shape index (κ3) is 4.32. The van der Waals surface area contributed by atoms with E-state index in [0.717, 1.165) is 37.9 Å². The summed E-state index contributed by atoms with van der Waals surface area (Å²) < 4.78 is 0. The van der Waals surface area contributed by atoms with Gasteiger partial charge in [-0.05, 0) is 51.1 Å². The molecule has 1 aliphatic carbocycles. The van der Waals surface area contributed by atoms with Gasteiger partial charge in [0, 0.05) is 24.2 Å². The van der Waals surface area contributed by atoms with Crippen molar-refractivity contribution in [2.75, 3.05) is 19.4 Å². The van der Waals surface area contributed by atoms with Gasteiger partial charge in [-0.15, -0.1) is 0 Å². The molecule has 1 aliphatic rings. The molecule has 1 amide bonds. The van der Waals surface area contributed by atoms with E-state index in [4.69, 9.17) is 5.73 Å². The molecule has 2 rings (SSSR count). The number of nitrogens with one attached hydrogen (secondary N) is 1. The highest BCUT2D eigenvalue weighted by Crippen LogP contribution is 2.24. The Morgan fingerprint density at radius 2 is 2.00 bits per heavy atom. The molecule has 20 heavy (non-hydrogen) atoms.